The zero-order valence-electron chi connectivity index (χ0n) is 11.7. The molecule has 0 fully saturated rings. The molecule has 2 aromatic rings. The molecule has 0 aliphatic carbocycles. The molecule has 0 radical (unpaired) electrons. The molecule has 0 unspecified atom stereocenters. The molecule has 0 saturated carbocycles. The van der Waals surface area contributed by atoms with Crippen molar-refractivity contribution in [2.75, 3.05) is 13.7 Å². The summed E-state index contributed by atoms with van der Waals surface area (Å²) in [6, 6.07) is 9.63. The summed E-state index contributed by atoms with van der Waals surface area (Å²) in [5.41, 5.74) is 1.08. The van der Waals surface area contributed by atoms with Crippen molar-refractivity contribution in [2.24, 2.45) is 0 Å². The van der Waals surface area contributed by atoms with Crippen molar-refractivity contribution >= 4 is 49.1 Å². The Kier molecular flexibility index (Phi) is 5.84. The predicted molar refractivity (Wildman–Crippen MR) is 93.1 cm³/mol. The van der Waals surface area contributed by atoms with E-state index in [0.29, 0.717) is 13.1 Å². The van der Waals surface area contributed by atoms with Gasteiger partial charge in [0.15, 0.2) is 0 Å². The molecular weight excluding hydrogens is 418 g/mol. The maximum atomic E-state index is 12.5. The number of benzene rings is 1. The van der Waals surface area contributed by atoms with E-state index in [1.165, 1.54) is 11.3 Å². The van der Waals surface area contributed by atoms with Gasteiger partial charge in [-0.3, -0.25) is 4.79 Å². The molecule has 1 heterocycles. The second-order valence-electron chi connectivity index (χ2n) is 4.40. The summed E-state index contributed by atoms with van der Waals surface area (Å²) >= 11 is 8.28. The molecule has 0 aliphatic heterocycles. The lowest BCUT2D eigenvalue weighted by Gasteiger charge is -2.20. The minimum Gasteiger partial charge on any atom is -0.497 e. The van der Waals surface area contributed by atoms with Crippen LogP contribution < -0.4 is 4.74 Å². The molecule has 1 aromatic carbocycles. The number of thiophene rings is 1. The van der Waals surface area contributed by atoms with Crippen molar-refractivity contribution < 1.29 is 9.53 Å². The van der Waals surface area contributed by atoms with Crippen LogP contribution in [0.25, 0.3) is 0 Å². The van der Waals surface area contributed by atoms with Gasteiger partial charge in [0.1, 0.15) is 5.75 Å². The Hall–Kier alpha value is -0.850. The minimum absolute atomic E-state index is 0.0460. The Morgan fingerprint density at radius 2 is 1.95 bits per heavy atom. The Bertz CT molecular complexity index is 606. The van der Waals surface area contributed by atoms with Gasteiger partial charge in [-0.1, -0.05) is 12.1 Å². The van der Waals surface area contributed by atoms with Crippen LogP contribution in [-0.2, 0) is 6.54 Å². The van der Waals surface area contributed by atoms with Gasteiger partial charge in [-0.15, -0.1) is 11.3 Å². The number of nitrogens with zero attached hydrogens (tertiary/aromatic N) is 1. The summed E-state index contributed by atoms with van der Waals surface area (Å²) < 4.78 is 6.99. The highest BCUT2D eigenvalue weighted by molar-refractivity contribution is 9.13. The number of amides is 1. The third-order valence-corrected chi connectivity index (χ3v) is 6.30. The van der Waals surface area contributed by atoms with E-state index in [1.54, 1.807) is 7.11 Å². The molecule has 1 aromatic heterocycles. The van der Waals surface area contributed by atoms with Crippen LogP contribution in [0.4, 0.5) is 0 Å². The topological polar surface area (TPSA) is 29.5 Å². The second kappa shape index (κ2) is 7.42. The van der Waals surface area contributed by atoms with Crippen molar-refractivity contribution in [1.82, 2.24) is 4.90 Å². The molecule has 0 N–H and O–H groups in total. The Balaban J connectivity index is 2.13. The molecule has 21 heavy (non-hydrogen) atoms. The van der Waals surface area contributed by atoms with Gasteiger partial charge in [0.25, 0.3) is 5.91 Å². The highest BCUT2D eigenvalue weighted by atomic mass is 79.9. The van der Waals surface area contributed by atoms with Gasteiger partial charge in [0.05, 0.1) is 15.8 Å². The van der Waals surface area contributed by atoms with E-state index >= 15 is 0 Å². The van der Waals surface area contributed by atoms with Crippen molar-refractivity contribution in [3.05, 3.63) is 49.0 Å². The predicted octanol–water partition coefficient (Wildman–Crippen LogP) is 4.94. The molecule has 6 heteroatoms. The summed E-state index contributed by atoms with van der Waals surface area (Å²) in [4.78, 5) is 15.1. The largest absolute Gasteiger partial charge is 0.497 e. The van der Waals surface area contributed by atoms with E-state index in [1.807, 2.05) is 42.2 Å². The second-order valence-corrected chi connectivity index (χ2v) is 7.62. The zero-order chi connectivity index (χ0) is 15.4. The van der Waals surface area contributed by atoms with Crippen LogP contribution in [0.1, 0.15) is 22.2 Å². The summed E-state index contributed by atoms with van der Waals surface area (Å²) in [5, 5.41) is 0. The maximum Gasteiger partial charge on any atom is 0.264 e. The van der Waals surface area contributed by atoms with E-state index in [4.69, 9.17) is 4.74 Å². The lowest BCUT2D eigenvalue weighted by molar-refractivity contribution is 0.0757. The molecule has 2 rings (SSSR count). The molecule has 3 nitrogen and oxygen atoms in total. The van der Waals surface area contributed by atoms with Crippen LogP contribution in [0.3, 0.4) is 0 Å². The highest BCUT2D eigenvalue weighted by Gasteiger charge is 2.18. The number of halogens is 2. The number of methoxy groups -OCH3 is 1. The van der Waals surface area contributed by atoms with Gasteiger partial charge in [-0.05, 0) is 62.5 Å². The first kappa shape index (κ1) is 16.5. The smallest absolute Gasteiger partial charge is 0.264 e. The van der Waals surface area contributed by atoms with Crippen LogP contribution in [0.5, 0.6) is 5.75 Å². The van der Waals surface area contributed by atoms with Crippen LogP contribution in [0.2, 0.25) is 0 Å². The van der Waals surface area contributed by atoms with E-state index in [9.17, 15) is 4.79 Å². The Labute approximate surface area is 145 Å². The molecule has 0 saturated heterocycles. The van der Waals surface area contributed by atoms with Crippen LogP contribution in [0, 0.1) is 0 Å². The van der Waals surface area contributed by atoms with Gasteiger partial charge in [-0.2, -0.15) is 0 Å². The molecule has 1 amide bonds. The van der Waals surface area contributed by atoms with E-state index in [0.717, 1.165) is 24.4 Å². The van der Waals surface area contributed by atoms with Gasteiger partial charge in [-0.25, -0.2) is 0 Å². The fourth-order valence-corrected chi connectivity index (χ4v) is 3.89. The van der Waals surface area contributed by atoms with Crippen molar-refractivity contribution in [3.63, 3.8) is 0 Å². The Morgan fingerprint density at radius 1 is 1.29 bits per heavy atom. The Morgan fingerprint density at radius 3 is 2.43 bits per heavy atom. The SMILES string of the molecule is CCN(Cc1ccc(OC)cc1)C(=O)c1cc(Br)c(Br)s1. The minimum atomic E-state index is 0.0460. The van der Waals surface area contributed by atoms with E-state index in [-0.39, 0.29) is 5.91 Å². The van der Waals surface area contributed by atoms with Crippen LogP contribution in [-0.4, -0.2) is 24.5 Å². The lowest BCUT2D eigenvalue weighted by atomic mass is 10.2. The average Bonchev–Trinajstić information content (AvgIpc) is 2.84. The zero-order valence-corrected chi connectivity index (χ0v) is 15.7. The summed E-state index contributed by atoms with van der Waals surface area (Å²) in [7, 11) is 1.64. The molecular formula is C15H15Br2NO2S. The number of rotatable bonds is 5. The van der Waals surface area contributed by atoms with Gasteiger partial charge < -0.3 is 9.64 Å². The monoisotopic (exact) mass is 431 g/mol. The first-order valence-electron chi connectivity index (χ1n) is 6.42. The van der Waals surface area contributed by atoms with Gasteiger partial charge in [0.2, 0.25) is 0 Å². The fourth-order valence-electron chi connectivity index (χ4n) is 1.89. The normalized spacial score (nSPS) is 10.5. The summed E-state index contributed by atoms with van der Waals surface area (Å²) in [6.45, 7) is 3.24. The van der Waals surface area contributed by atoms with Gasteiger partial charge in [0, 0.05) is 17.6 Å². The van der Waals surface area contributed by atoms with Crippen LogP contribution in [0.15, 0.2) is 38.6 Å². The summed E-state index contributed by atoms with van der Waals surface area (Å²) in [5.74, 6) is 0.865. The number of carbonyl (C=O) groups excluding carboxylic acids is 1. The fraction of sp³-hybridized carbons (Fsp3) is 0.267. The molecule has 0 aliphatic rings. The maximum absolute atomic E-state index is 12.5. The third-order valence-electron chi connectivity index (χ3n) is 3.06. The number of hydrogen-bond acceptors (Lipinski definition) is 3. The van der Waals surface area contributed by atoms with Crippen LogP contribution >= 0.6 is 43.2 Å². The van der Waals surface area contributed by atoms with Crippen molar-refractivity contribution in [3.8, 4) is 5.75 Å². The lowest BCUT2D eigenvalue weighted by Crippen LogP contribution is -2.29. The standard InChI is InChI=1S/C15H15Br2NO2S/c1-3-18(9-10-4-6-11(20-2)7-5-10)15(19)13-8-12(16)14(17)21-13/h4-8H,3,9H2,1-2H3. The summed E-state index contributed by atoms with van der Waals surface area (Å²) in [6.07, 6.45) is 0. The quantitative estimate of drug-likeness (QED) is 0.669. The van der Waals surface area contributed by atoms with E-state index < -0.39 is 0 Å². The van der Waals surface area contributed by atoms with Gasteiger partial charge >= 0.3 is 0 Å². The molecule has 0 bridgehead atoms. The molecule has 112 valence electrons. The first-order chi connectivity index (χ1) is 10.0. The third kappa shape index (κ3) is 4.08. The molecule has 0 atom stereocenters. The van der Waals surface area contributed by atoms with E-state index in [2.05, 4.69) is 31.9 Å². The molecule has 0 spiro atoms. The number of ether oxygens (including phenoxy) is 1. The van der Waals surface area contributed by atoms with Crippen molar-refractivity contribution in [1.29, 1.82) is 0 Å². The highest BCUT2D eigenvalue weighted by Crippen LogP contribution is 2.33. The first-order valence-corrected chi connectivity index (χ1v) is 8.82. The van der Waals surface area contributed by atoms with Crippen molar-refractivity contribution in [2.45, 2.75) is 13.5 Å². The number of hydrogen-bond donors (Lipinski definition) is 0. The average molecular weight is 433 g/mol. The number of carbonyl (C=O) groups is 1.